The van der Waals surface area contributed by atoms with Gasteiger partial charge in [-0.1, -0.05) is 50.0 Å². The molecule has 0 N–H and O–H groups in total. The summed E-state index contributed by atoms with van der Waals surface area (Å²) >= 11 is 0. The van der Waals surface area contributed by atoms with Crippen molar-refractivity contribution in [3.05, 3.63) is 24.3 Å². The molecule has 3 saturated carbocycles. The highest BCUT2D eigenvalue weighted by atomic mass is 14.5. The van der Waals surface area contributed by atoms with Crippen molar-refractivity contribution in [1.29, 1.82) is 0 Å². The van der Waals surface area contributed by atoms with Crippen molar-refractivity contribution in [2.45, 2.75) is 51.4 Å². The molecular formula is C16H24. The molecule has 3 aliphatic carbocycles. The Labute approximate surface area is 99.8 Å². The van der Waals surface area contributed by atoms with Crippen LogP contribution in [0.25, 0.3) is 0 Å². The van der Waals surface area contributed by atoms with Gasteiger partial charge in [-0.3, -0.25) is 0 Å². The maximum Gasteiger partial charge on any atom is -0.0137 e. The first-order valence-electron chi connectivity index (χ1n) is 7.16. The molecule has 0 nitrogen and oxygen atoms in total. The lowest BCUT2D eigenvalue weighted by atomic mass is 9.56. The van der Waals surface area contributed by atoms with Crippen LogP contribution in [0.15, 0.2) is 24.3 Å². The Balaban J connectivity index is 1.89. The molecule has 0 aromatic rings. The highest BCUT2D eigenvalue weighted by Crippen LogP contribution is 2.54. The second-order valence-electron chi connectivity index (χ2n) is 6.14. The second kappa shape index (κ2) is 4.05. The Morgan fingerprint density at radius 3 is 1.06 bits per heavy atom. The number of hydrogen-bond donors (Lipinski definition) is 0. The fourth-order valence-corrected chi connectivity index (χ4v) is 4.59. The number of fused-ring (bicyclic) bond motifs is 2. The zero-order chi connectivity index (χ0) is 11.1. The van der Waals surface area contributed by atoms with E-state index in [0.29, 0.717) is 0 Å². The van der Waals surface area contributed by atoms with Crippen LogP contribution in [0.5, 0.6) is 0 Å². The Bertz CT molecular complexity index is 252. The van der Waals surface area contributed by atoms with E-state index < -0.39 is 0 Å². The quantitative estimate of drug-likeness (QED) is 0.514. The molecule has 0 aliphatic heterocycles. The molecule has 3 rings (SSSR count). The Morgan fingerprint density at radius 1 is 0.562 bits per heavy atom. The molecule has 0 aromatic heterocycles. The van der Waals surface area contributed by atoms with Gasteiger partial charge in [0.25, 0.3) is 0 Å². The fraction of sp³-hybridized carbons (Fsp3) is 0.750. The molecule has 0 aromatic carbocycles. The van der Waals surface area contributed by atoms with Crippen molar-refractivity contribution in [3.8, 4) is 0 Å². The fourth-order valence-electron chi connectivity index (χ4n) is 4.59. The van der Waals surface area contributed by atoms with Crippen LogP contribution >= 0.6 is 0 Å². The summed E-state index contributed by atoms with van der Waals surface area (Å²) in [7, 11) is 0. The summed E-state index contributed by atoms with van der Waals surface area (Å²) in [5, 5.41) is 0. The van der Waals surface area contributed by atoms with E-state index in [0.717, 1.165) is 23.7 Å². The SMILES string of the molecule is C=C1C2CCCCC2C(=C)C2CCCCC12. The molecule has 0 heterocycles. The topological polar surface area (TPSA) is 0 Å². The van der Waals surface area contributed by atoms with Crippen LogP contribution in [0.3, 0.4) is 0 Å². The Kier molecular flexibility index (Phi) is 2.69. The van der Waals surface area contributed by atoms with E-state index in [2.05, 4.69) is 13.2 Å². The molecule has 0 heteroatoms. The van der Waals surface area contributed by atoms with Gasteiger partial charge in [0.15, 0.2) is 0 Å². The summed E-state index contributed by atoms with van der Waals surface area (Å²) in [5.41, 5.74) is 3.23. The summed E-state index contributed by atoms with van der Waals surface area (Å²) in [4.78, 5) is 0. The van der Waals surface area contributed by atoms with Gasteiger partial charge in [-0.15, -0.1) is 0 Å². The zero-order valence-electron chi connectivity index (χ0n) is 10.4. The molecule has 4 atom stereocenters. The molecule has 3 fully saturated rings. The molecule has 0 bridgehead atoms. The van der Waals surface area contributed by atoms with E-state index in [9.17, 15) is 0 Å². The van der Waals surface area contributed by atoms with Crippen molar-refractivity contribution in [2.24, 2.45) is 23.7 Å². The monoisotopic (exact) mass is 216 g/mol. The number of allylic oxidation sites excluding steroid dienone is 2. The van der Waals surface area contributed by atoms with Gasteiger partial charge >= 0.3 is 0 Å². The van der Waals surface area contributed by atoms with Crippen LogP contribution in [0.4, 0.5) is 0 Å². The third kappa shape index (κ3) is 1.49. The van der Waals surface area contributed by atoms with E-state index in [1.54, 1.807) is 11.1 Å². The number of hydrogen-bond acceptors (Lipinski definition) is 0. The zero-order valence-corrected chi connectivity index (χ0v) is 10.4. The summed E-state index contributed by atoms with van der Waals surface area (Å²) in [6, 6.07) is 0. The predicted octanol–water partition coefficient (Wildman–Crippen LogP) is 4.73. The van der Waals surface area contributed by atoms with E-state index in [1.807, 2.05) is 0 Å². The van der Waals surface area contributed by atoms with Crippen LogP contribution in [0.1, 0.15) is 51.4 Å². The second-order valence-corrected chi connectivity index (χ2v) is 6.14. The Hall–Kier alpha value is -0.520. The highest BCUT2D eigenvalue weighted by molar-refractivity contribution is 5.27. The van der Waals surface area contributed by atoms with Crippen molar-refractivity contribution in [2.75, 3.05) is 0 Å². The van der Waals surface area contributed by atoms with E-state index in [1.165, 1.54) is 51.4 Å². The van der Waals surface area contributed by atoms with Crippen LogP contribution < -0.4 is 0 Å². The van der Waals surface area contributed by atoms with E-state index in [4.69, 9.17) is 0 Å². The number of rotatable bonds is 0. The minimum absolute atomic E-state index is 0.806. The normalized spacial score (nSPS) is 43.8. The standard InChI is InChI=1S/C16H24/c1-11-13-7-3-5-9-15(13)12(2)16-10-6-4-8-14(11)16/h13-16H,1-10H2. The van der Waals surface area contributed by atoms with Crippen molar-refractivity contribution in [3.63, 3.8) is 0 Å². The summed E-state index contributed by atoms with van der Waals surface area (Å²) in [6.07, 6.45) is 11.3. The van der Waals surface area contributed by atoms with Gasteiger partial charge in [0.2, 0.25) is 0 Å². The largest absolute Gasteiger partial charge is 0.0993 e. The third-order valence-corrected chi connectivity index (χ3v) is 5.44. The van der Waals surface area contributed by atoms with E-state index in [-0.39, 0.29) is 0 Å². The van der Waals surface area contributed by atoms with Crippen molar-refractivity contribution < 1.29 is 0 Å². The Morgan fingerprint density at radius 2 is 0.812 bits per heavy atom. The van der Waals surface area contributed by atoms with Gasteiger partial charge in [0.1, 0.15) is 0 Å². The third-order valence-electron chi connectivity index (χ3n) is 5.44. The molecule has 88 valence electrons. The first kappa shape index (κ1) is 10.6. The van der Waals surface area contributed by atoms with Crippen LogP contribution in [-0.2, 0) is 0 Å². The van der Waals surface area contributed by atoms with Gasteiger partial charge < -0.3 is 0 Å². The predicted molar refractivity (Wildman–Crippen MR) is 69.2 cm³/mol. The first-order valence-corrected chi connectivity index (χ1v) is 7.16. The smallest absolute Gasteiger partial charge is 0.0137 e. The van der Waals surface area contributed by atoms with Gasteiger partial charge in [0.05, 0.1) is 0 Å². The molecule has 4 unspecified atom stereocenters. The molecule has 0 saturated heterocycles. The van der Waals surface area contributed by atoms with Gasteiger partial charge in [0, 0.05) is 0 Å². The molecular weight excluding hydrogens is 192 g/mol. The van der Waals surface area contributed by atoms with Crippen molar-refractivity contribution in [1.82, 2.24) is 0 Å². The van der Waals surface area contributed by atoms with Gasteiger partial charge in [-0.2, -0.15) is 0 Å². The van der Waals surface area contributed by atoms with Crippen molar-refractivity contribution >= 4 is 0 Å². The highest BCUT2D eigenvalue weighted by Gasteiger charge is 2.43. The summed E-state index contributed by atoms with van der Waals surface area (Å²) in [5.74, 6) is 3.22. The van der Waals surface area contributed by atoms with Crippen LogP contribution in [0.2, 0.25) is 0 Å². The summed E-state index contributed by atoms with van der Waals surface area (Å²) in [6.45, 7) is 8.95. The molecule has 0 amide bonds. The van der Waals surface area contributed by atoms with Gasteiger partial charge in [-0.05, 0) is 49.4 Å². The average Bonchev–Trinajstić information content (AvgIpc) is 2.36. The minimum atomic E-state index is 0.806. The van der Waals surface area contributed by atoms with Crippen LogP contribution in [-0.4, -0.2) is 0 Å². The lowest BCUT2D eigenvalue weighted by molar-refractivity contribution is 0.174. The minimum Gasteiger partial charge on any atom is -0.0993 e. The molecule has 16 heavy (non-hydrogen) atoms. The first-order chi connectivity index (χ1) is 7.79. The van der Waals surface area contributed by atoms with E-state index >= 15 is 0 Å². The molecule has 3 aliphatic rings. The molecule has 0 radical (unpaired) electrons. The average molecular weight is 216 g/mol. The van der Waals surface area contributed by atoms with Gasteiger partial charge in [-0.25, -0.2) is 0 Å². The molecule has 0 spiro atoms. The lowest BCUT2D eigenvalue weighted by Gasteiger charge is -2.49. The van der Waals surface area contributed by atoms with Crippen LogP contribution in [0, 0.1) is 23.7 Å². The summed E-state index contributed by atoms with van der Waals surface area (Å²) < 4.78 is 0. The maximum absolute atomic E-state index is 4.48. The lowest BCUT2D eigenvalue weighted by Crippen LogP contribution is -2.38. The maximum atomic E-state index is 4.48.